The van der Waals surface area contributed by atoms with Gasteiger partial charge in [-0.2, -0.15) is 0 Å². The minimum absolute atomic E-state index is 0. The number of rotatable bonds is 10. The maximum absolute atomic E-state index is 11.9. The molecule has 0 aromatic carbocycles. The Morgan fingerprint density at radius 1 is 1.14 bits per heavy atom. The van der Waals surface area contributed by atoms with E-state index >= 15 is 0 Å². The SMILES string of the molecule is CCCCC(CNC(=O)OC(C)(C)C)NC(=NC)NCC(C)(C)NS(C)(=O)=O.I. The number of carbonyl (C=O) groups excluding carboxylic acids is 1. The molecule has 4 N–H and O–H groups in total. The van der Waals surface area contributed by atoms with E-state index in [0.717, 1.165) is 25.5 Å². The molecule has 0 aliphatic heterocycles. The van der Waals surface area contributed by atoms with Crippen LogP contribution in [0.15, 0.2) is 4.99 Å². The molecule has 1 amide bonds. The number of carbonyl (C=O) groups is 1. The lowest BCUT2D eigenvalue weighted by Gasteiger charge is -2.28. The molecule has 9 nitrogen and oxygen atoms in total. The Morgan fingerprint density at radius 2 is 1.72 bits per heavy atom. The third-order valence-corrected chi connectivity index (χ3v) is 4.45. The zero-order valence-electron chi connectivity index (χ0n) is 19.0. The summed E-state index contributed by atoms with van der Waals surface area (Å²) in [4.78, 5) is 16.1. The molecule has 0 aromatic rings. The van der Waals surface area contributed by atoms with Gasteiger partial charge in [0.1, 0.15) is 5.60 Å². The summed E-state index contributed by atoms with van der Waals surface area (Å²) >= 11 is 0. The van der Waals surface area contributed by atoms with E-state index in [1.807, 2.05) is 20.8 Å². The molecular weight excluding hydrogens is 509 g/mol. The van der Waals surface area contributed by atoms with Crippen molar-refractivity contribution in [2.45, 2.75) is 78.0 Å². The van der Waals surface area contributed by atoms with Crippen LogP contribution in [0.1, 0.15) is 60.8 Å². The van der Waals surface area contributed by atoms with Gasteiger partial charge in [0.15, 0.2) is 5.96 Å². The van der Waals surface area contributed by atoms with Crippen LogP contribution in [0.2, 0.25) is 0 Å². The Balaban J connectivity index is 0. The highest BCUT2D eigenvalue weighted by Crippen LogP contribution is 2.07. The molecule has 1 unspecified atom stereocenters. The first-order chi connectivity index (χ1) is 12.7. The molecule has 0 bridgehead atoms. The van der Waals surface area contributed by atoms with E-state index < -0.39 is 27.3 Å². The normalized spacial score (nSPS) is 13.9. The van der Waals surface area contributed by atoms with Gasteiger partial charge in [-0.25, -0.2) is 17.9 Å². The van der Waals surface area contributed by atoms with Crippen LogP contribution in [-0.2, 0) is 14.8 Å². The first kappa shape index (κ1) is 30.4. The molecule has 0 saturated heterocycles. The summed E-state index contributed by atoms with van der Waals surface area (Å²) in [7, 11) is -1.67. The van der Waals surface area contributed by atoms with Gasteiger partial charge in [0.25, 0.3) is 0 Å². The lowest BCUT2D eigenvalue weighted by atomic mass is 10.1. The largest absolute Gasteiger partial charge is 0.444 e. The second-order valence-corrected chi connectivity index (χ2v) is 10.3. The van der Waals surface area contributed by atoms with Crippen molar-refractivity contribution in [3.8, 4) is 0 Å². The number of sulfonamides is 1. The minimum atomic E-state index is -3.32. The van der Waals surface area contributed by atoms with Crippen molar-refractivity contribution in [2.24, 2.45) is 4.99 Å². The molecule has 0 fully saturated rings. The molecule has 0 aliphatic rings. The fraction of sp³-hybridized carbons (Fsp3) is 0.889. The van der Waals surface area contributed by atoms with Gasteiger partial charge in [-0.1, -0.05) is 19.8 Å². The summed E-state index contributed by atoms with van der Waals surface area (Å²) in [5, 5.41) is 9.20. The quantitative estimate of drug-likeness (QED) is 0.188. The molecule has 0 rings (SSSR count). The van der Waals surface area contributed by atoms with E-state index in [0.29, 0.717) is 19.0 Å². The van der Waals surface area contributed by atoms with Gasteiger partial charge >= 0.3 is 6.09 Å². The van der Waals surface area contributed by atoms with E-state index in [1.165, 1.54) is 0 Å². The molecule has 11 heteroatoms. The average Bonchev–Trinajstić information content (AvgIpc) is 2.49. The molecule has 0 spiro atoms. The molecule has 0 aromatic heterocycles. The first-order valence-electron chi connectivity index (χ1n) is 9.60. The summed E-state index contributed by atoms with van der Waals surface area (Å²) in [5.74, 6) is 0.537. The molecule has 0 radical (unpaired) electrons. The first-order valence-corrected chi connectivity index (χ1v) is 11.5. The zero-order valence-corrected chi connectivity index (χ0v) is 22.2. The average molecular weight is 550 g/mol. The highest BCUT2D eigenvalue weighted by molar-refractivity contribution is 14.0. The number of nitrogens with zero attached hydrogens (tertiary/aromatic N) is 1. The Kier molecular flexibility index (Phi) is 14.1. The van der Waals surface area contributed by atoms with Crippen molar-refractivity contribution in [3.63, 3.8) is 0 Å². The zero-order chi connectivity index (χ0) is 22.0. The second-order valence-electron chi connectivity index (χ2n) is 8.55. The number of unbranched alkanes of at least 4 members (excludes halogenated alkanes) is 1. The number of halogens is 1. The summed E-state index contributed by atoms with van der Waals surface area (Å²) in [6, 6.07) is -0.0374. The summed E-state index contributed by atoms with van der Waals surface area (Å²) in [6.45, 7) is 11.9. The third kappa shape index (κ3) is 17.7. The van der Waals surface area contributed by atoms with Gasteiger partial charge in [-0.3, -0.25) is 4.99 Å². The standard InChI is InChI=1S/C18H39N5O4S.HI/c1-9-10-11-14(12-20-16(24)27-17(2,3)4)22-15(19-7)21-13-18(5,6)23-28(8,25)26;/h14,23H,9-13H2,1-8H3,(H,20,24)(H2,19,21,22);1H. The van der Waals surface area contributed by atoms with Crippen LogP contribution in [0.3, 0.4) is 0 Å². The van der Waals surface area contributed by atoms with Crippen LogP contribution in [0.5, 0.6) is 0 Å². The topological polar surface area (TPSA) is 121 Å². The Labute approximate surface area is 193 Å². The number of hydrogen-bond donors (Lipinski definition) is 4. The van der Waals surface area contributed by atoms with Gasteiger partial charge in [-0.15, -0.1) is 24.0 Å². The number of alkyl carbamates (subject to hydrolysis) is 1. The van der Waals surface area contributed by atoms with E-state index in [2.05, 4.69) is 32.6 Å². The molecule has 29 heavy (non-hydrogen) atoms. The van der Waals surface area contributed by atoms with E-state index in [9.17, 15) is 13.2 Å². The number of hydrogen-bond acceptors (Lipinski definition) is 5. The maximum atomic E-state index is 11.9. The smallest absolute Gasteiger partial charge is 0.407 e. The highest BCUT2D eigenvalue weighted by atomic mass is 127. The van der Waals surface area contributed by atoms with E-state index in [-0.39, 0.29) is 30.0 Å². The predicted octanol–water partition coefficient (Wildman–Crippen LogP) is 2.18. The van der Waals surface area contributed by atoms with Crippen molar-refractivity contribution >= 4 is 46.1 Å². The Hall–Kier alpha value is -0.820. The van der Waals surface area contributed by atoms with Crippen LogP contribution >= 0.6 is 24.0 Å². The van der Waals surface area contributed by atoms with Crippen molar-refractivity contribution < 1.29 is 17.9 Å². The summed E-state index contributed by atoms with van der Waals surface area (Å²) in [6.07, 6.45) is 3.54. The van der Waals surface area contributed by atoms with Gasteiger partial charge in [0, 0.05) is 31.7 Å². The van der Waals surface area contributed by atoms with Crippen LogP contribution < -0.4 is 20.7 Å². The van der Waals surface area contributed by atoms with Crippen LogP contribution in [0.25, 0.3) is 0 Å². The molecular formula is C18H40IN5O4S. The van der Waals surface area contributed by atoms with E-state index in [1.54, 1.807) is 20.9 Å². The number of aliphatic imine (C=N–C) groups is 1. The van der Waals surface area contributed by atoms with Crippen molar-refractivity contribution in [2.75, 3.05) is 26.4 Å². The number of nitrogens with one attached hydrogen (secondary N) is 4. The predicted molar refractivity (Wildman–Crippen MR) is 130 cm³/mol. The molecule has 0 heterocycles. The second kappa shape index (κ2) is 13.5. The number of amides is 1. The minimum Gasteiger partial charge on any atom is -0.444 e. The molecule has 0 saturated carbocycles. The van der Waals surface area contributed by atoms with Crippen molar-refractivity contribution in [1.29, 1.82) is 0 Å². The number of guanidine groups is 1. The maximum Gasteiger partial charge on any atom is 0.407 e. The monoisotopic (exact) mass is 549 g/mol. The summed E-state index contributed by atoms with van der Waals surface area (Å²) in [5.41, 5.74) is -1.23. The lowest BCUT2D eigenvalue weighted by Crippen LogP contribution is -2.55. The van der Waals surface area contributed by atoms with Crippen LogP contribution in [0, 0.1) is 0 Å². The Morgan fingerprint density at radius 3 is 2.17 bits per heavy atom. The lowest BCUT2D eigenvalue weighted by molar-refractivity contribution is 0.0522. The Bertz CT molecular complexity index is 618. The highest BCUT2D eigenvalue weighted by Gasteiger charge is 2.23. The molecule has 174 valence electrons. The fourth-order valence-electron chi connectivity index (χ4n) is 2.43. The van der Waals surface area contributed by atoms with Crippen molar-refractivity contribution in [3.05, 3.63) is 0 Å². The van der Waals surface area contributed by atoms with E-state index in [4.69, 9.17) is 4.74 Å². The van der Waals surface area contributed by atoms with Gasteiger partial charge in [0.05, 0.1) is 6.26 Å². The van der Waals surface area contributed by atoms with Gasteiger partial charge in [0.2, 0.25) is 10.0 Å². The molecule has 0 aliphatic carbocycles. The van der Waals surface area contributed by atoms with Crippen LogP contribution in [0.4, 0.5) is 4.79 Å². The van der Waals surface area contributed by atoms with Crippen LogP contribution in [-0.4, -0.2) is 64.0 Å². The third-order valence-electron chi connectivity index (χ3n) is 3.52. The van der Waals surface area contributed by atoms with Gasteiger partial charge < -0.3 is 20.7 Å². The fourth-order valence-corrected chi connectivity index (χ4v) is 3.50. The molecule has 1 atom stereocenters. The van der Waals surface area contributed by atoms with Crippen molar-refractivity contribution in [1.82, 2.24) is 20.7 Å². The van der Waals surface area contributed by atoms with Gasteiger partial charge in [-0.05, 0) is 41.0 Å². The number of ether oxygens (including phenoxy) is 1. The summed E-state index contributed by atoms with van der Waals surface area (Å²) < 4.78 is 30.8.